The zero-order valence-electron chi connectivity index (χ0n) is 17.9. The monoisotopic (exact) mass is 468 g/mol. The van der Waals surface area contributed by atoms with E-state index in [0.29, 0.717) is 16.7 Å². The summed E-state index contributed by atoms with van der Waals surface area (Å²) in [6.45, 7) is 10.1. The molecule has 0 aliphatic carbocycles. The molecule has 1 aromatic heterocycles. The first-order valence-electron chi connectivity index (χ1n) is 9.98. The molecule has 1 heterocycles. The lowest BCUT2D eigenvalue weighted by atomic mass is 10.0. The molecule has 3 aromatic rings. The number of carboxylic acid groups (broad SMARTS) is 1. The van der Waals surface area contributed by atoms with Crippen LogP contribution in [0.15, 0.2) is 42.5 Å². The molecule has 0 saturated heterocycles. The van der Waals surface area contributed by atoms with Crippen molar-refractivity contribution < 1.29 is 28.2 Å². The van der Waals surface area contributed by atoms with E-state index in [2.05, 4.69) is 30.7 Å². The van der Waals surface area contributed by atoms with E-state index >= 15 is 0 Å². The molecule has 5 nitrogen and oxygen atoms in total. The Hall–Kier alpha value is -2.84. The lowest BCUT2D eigenvalue weighted by Gasteiger charge is -2.13. The van der Waals surface area contributed by atoms with Crippen LogP contribution in [-0.2, 0) is 6.18 Å². The van der Waals surface area contributed by atoms with E-state index in [9.17, 15) is 28.2 Å². The smallest absolute Gasteiger partial charge is 0.416 e. The number of carbonyl (C=O) groups is 1. The number of aromatic carboxylic acids is 1. The fourth-order valence-electron chi connectivity index (χ4n) is 3.13. The van der Waals surface area contributed by atoms with Gasteiger partial charge < -0.3 is 15.1 Å². The number of halogens is 4. The van der Waals surface area contributed by atoms with Gasteiger partial charge in [-0.2, -0.15) is 13.2 Å². The van der Waals surface area contributed by atoms with Gasteiger partial charge >= 0.3 is 12.1 Å². The number of pyridine rings is 1. The van der Waals surface area contributed by atoms with Crippen LogP contribution in [0, 0.1) is 0 Å². The van der Waals surface area contributed by atoms with E-state index in [-0.39, 0.29) is 16.6 Å². The third-order valence-corrected chi connectivity index (χ3v) is 5.21. The van der Waals surface area contributed by atoms with Crippen LogP contribution in [-0.4, -0.2) is 45.7 Å². The summed E-state index contributed by atoms with van der Waals surface area (Å²) in [6.07, 6.45) is -4.64. The molecule has 0 spiro atoms. The SMILES string of the molecule is CCN(CC)CC.O=C(O)c1c(O)c(-c2ccc(Cl)cc2)nc2ccc(C(F)(F)F)cc12. The number of nitrogens with zero attached hydrogens (tertiary/aromatic N) is 2. The zero-order chi connectivity index (χ0) is 24.1. The van der Waals surface area contributed by atoms with Crippen LogP contribution in [0.25, 0.3) is 22.2 Å². The third kappa shape index (κ3) is 5.89. The standard InChI is InChI=1S/C17H9ClF3NO3.C6H15N/c18-10-4-1-8(2-5-10)14-15(23)13(16(24)25)11-7-9(17(19,20)21)3-6-12(11)22-14;1-4-7(5-2)6-3/h1-7,23H,(H,24,25);4-6H2,1-3H3. The van der Waals surface area contributed by atoms with Crippen LogP contribution in [0.5, 0.6) is 5.75 Å². The fraction of sp³-hybridized carbons (Fsp3) is 0.304. The summed E-state index contributed by atoms with van der Waals surface area (Å²) in [7, 11) is 0. The molecule has 2 aromatic carbocycles. The first kappa shape index (κ1) is 25.4. The van der Waals surface area contributed by atoms with Gasteiger partial charge in [-0.1, -0.05) is 44.5 Å². The summed E-state index contributed by atoms with van der Waals surface area (Å²) in [5.41, 5.74) is -1.32. The molecule has 0 fully saturated rings. The number of fused-ring (bicyclic) bond motifs is 1. The van der Waals surface area contributed by atoms with Gasteiger partial charge in [0.1, 0.15) is 11.3 Å². The highest BCUT2D eigenvalue weighted by Crippen LogP contribution is 2.38. The van der Waals surface area contributed by atoms with Gasteiger partial charge in [0.05, 0.1) is 11.1 Å². The Morgan fingerprint density at radius 3 is 2.03 bits per heavy atom. The summed E-state index contributed by atoms with van der Waals surface area (Å²) in [5, 5.41) is 19.8. The van der Waals surface area contributed by atoms with E-state index in [1.807, 2.05) is 0 Å². The van der Waals surface area contributed by atoms with E-state index in [1.54, 1.807) is 0 Å². The molecule has 0 bridgehead atoms. The lowest BCUT2D eigenvalue weighted by Crippen LogP contribution is -2.21. The molecule has 32 heavy (non-hydrogen) atoms. The minimum Gasteiger partial charge on any atom is -0.505 e. The number of rotatable bonds is 5. The Bertz CT molecular complexity index is 1080. The second-order valence-corrected chi connectivity index (χ2v) is 7.28. The molecule has 0 unspecified atom stereocenters. The number of hydrogen-bond acceptors (Lipinski definition) is 4. The topological polar surface area (TPSA) is 73.7 Å². The summed E-state index contributed by atoms with van der Waals surface area (Å²) in [6, 6.07) is 8.63. The molecule has 0 aliphatic heterocycles. The first-order valence-corrected chi connectivity index (χ1v) is 10.4. The van der Waals surface area contributed by atoms with Crippen molar-refractivity contribution in [3.8, 4) is 17.0 Å². The second kappa shape index (κ2) is 10.7. The molecule has 172 valence electrons. The number of benzene rings is 2. The molecule has 3 rings (SSSR count). The molecule has 0 amide bonds. The molecular formula is C23H24ClF3N2O3. The normalized spacial score (nSPS) is 11.4. The van der Waals surface area contributed by atoms with Gasteiger partial charge in [-0.3, -0.25) is 0 Å². The van der Waals surface area contributed by atoms with Crippen molar-refractivity contribution in [1.29, 1.82) is 0 Å². The van der Waals surface area contributed by atoms with Crippen LogP contribution in [0.2, 0.25) is 5.02 Å². The highest BCUT2D eigenvalue weighted by molar-refractivity contribution is 6.30. The predicted octanol–water partition coefficient (Wildman–Crippen LogP) is 6.33. The maximum absolute atomic E-state index is 12.9. The van der Waals surface area contributed by atoms with Crippen molar-refractivity contribution in [1.82, 2.24) is 9.88 Å². The zero-order valence-corrected chi connectivity index (χ0v) is 18.6. The first-order chi connectivity index (χ1) is 15.0. The Morgan fingerprint density at radius 2 is 1.59 bits per heavy atom. The lowest BCUT2D eigenvalue weighted by molar-refractivity contribution is -0.137. The van der Waals surface area contributed by atoms with Gasteiger partial charge in [-0.15, -0.1) is 0 Å². The summed E-state index contributed by atoms with van der Waals surface area (Å²) >= 11 is 5.79. The Balaban J connectivity index is 0.000000451. The van der Waals surface area contributed by atoms with E-state index in [0.717, 1.165) is 12.1 Å². The van der Waals surface area contributed by atoms with E-state index in [4.69, 9.17) is 11.6 Å². The average Bonchev–Trinajstić information content (AvgIpc) is 2.74. The predicted molar refractivity (Wildman–Crippen MR) is 119 cm³/mol. The van der Waals surface area contributed by atoms with Crippen molar-refractivity contribution in [3.05, 3.63) is 58.6 Å². The third-order valence-electron chi connectivity index (χ3n) is 4.96. The molecule has 0 saturated carbocycles. The van der Waals surface area contributed by atoms with Crippen LogP contribution < -0.4 is 0 Å². The van der Waals surface area contributed by atoms with Gasteiger partial charge in [0, 0.05) is 16.0 Å². The molecular weight excluding hydrogens is 445 g/mol. The maximum Gasteiger partial charge on any atom is 0.416 e. The van der Waals surface area contributed by atoms with Crippen LogP contribution in [0.4, 0.5) is 13.2 Å². The maximum atomic E-state index is 12.9. The van der Waals surface area contributed by atoms with Gasteiger partial charge in [-0.05, 0) is 50.0 Å². The van der Waals surface area contributed by atoms with Gasteiger partial charge in [-0.25, -0.2) is 9.78 Å². The van der Waals surface area contributed by atoms with Crippen molar-refractivity contribution >= 4 is 28.5 Å². The number of aromatic hydroxyl groups is 1. The largest absolute Gasteiger partial charge is 0.505 e. The highest BCUT2D eigenvalue weighted by Gasteiger charge is 2.32. The quantitative estimate of drug-likeness (QED) is 0.458. The minimum absolute atomic E-state index is 0.0214. The number of alkyl halides is 3. The molecule has 0 aliphatic rings. The van der Waals surface area contributed by atoms with Gasteiger partial charge in [0.2, 0.25) is 0 Å². The van der Waals surface area contributed by atoms with Crippen LogP contribution in [0.3, 0.4) is 0 Å². The molecule has 0 atom stereocenters. The van der Waals surface area contributed by atoms with Crippen LogP contribution >= 0.6 is 11.6 Å². The van der Waals surface area contributed by atoms with E-state index < -0.39 is 29.0 Å². The van der Waals surface area contributed by atoms with E-state index in [1.165, 1.54) is 43.9 Å². The molecule has 9 heteroatoms. The summed E-state index contributed by atoms with van der Waals surface area (Å²) in [5.74, 6) is -2.26. The average molecular weight is 469 g/mol. The number of carboxylic acids is 1. The highest BCUT2D eigenvalue weighted by atomic mass is 35.5. The van der Waals surface area contributed by atoms with Gasteiger partial charge in [0.25, 0.3) is 0 Å². The molecule has 2 N–H and O–H groups in total. The Kier molecular flexibility index (Phi) is 8.46. The second-order valence-electron chi connectivity index (χ2n) is 6.85. The van der Waals surface area contributed by atoms with Gasteiger partial charge in [0.15, 0.2) is 5.75 Å². The van der Waals surface area contributed by atoms with Crippen LogP contribution in [0.1, 0.15) is 36.7 Å². The fourth-order valence-corrected chi connectivity index (χ4v) is 3.25. The number of hydrogen-bond donors (Lipinski definition) is 2. The summed E-state index contributed by atoms with van der Waals surface area (Å²) in [4.78, 5) is 18.0. The summed E-state index contributed by atoms with van der Waals surface area (Å²) < 4.78 is 38.7. The Morgan fingerprint density at radius 1 is 1.03 bits per heavy atom. The van der Waals surface area contributed by atoms with Crippen molar-refractivity contribution in [3.63, 3.8) is 0 Å². The molecule has 0 radical (unpaired) electrons. The van der Waals surface area contributed by atoms with Crippen molar-refractivity contribution in [2.75, 3.05) is 19.6 Å². The van der Waals surface area contributed by atoms with Crippen molar-refractivity contribution in [2.45, 2.75) is 26.9 Å². The minimum atomic E-state index is -4.64. The Labute approximate surface area is 189 Å². The number of aromatic nitrogens is 1. The van der Waals surface area contributed by atoms with Crippen molar-refractivity contribution in [2.24, 2.45) is 0 Å².